The third-order valence-corrected chi connectivity index (χ3v) is 5.50. The highest BCUT2D eigenvalue weighted by atomic mass is 32.2. The van der Waals surface area contributed by atoms with Gasteiger partial charge in [0, 0.05) is 11.8 Å². The lowest BCUT2D eigenvalue weighted by Gasteiger charge is -2.39. The van der Waals surface area contributed by atoms with E-state index in [1.54, 1.807) is 0 Å². The molecule has 1 aromatic carbocycles. The first-order chi connectivity index (χ1) is 7.93. The zero-order chi connectivity index (χ0) is 10.8. The van der Waals surface area contributed by atoms with Crippen molar-refractivity contribution in [2.24, 2.45) is 5.92 Å². The molecule has 0 aromatic heterocycles. The second-order valence-corrected chi connectivity index (χ2v) is 6.27. The van der Waals surface area contributed by atoms with Gasteiger partial charge in [0.2, 0.25) is 0 Å². The van der Waals surface area contributed by atoms with Crippen LogP contribution in [0, 0.1) is 5.92 Å². The monoisotopic (exact) mass is 233 g/mol. The van der Waals surface area contributed by atoms with Crippen LogP contribution >= 0.6 is 11.8 Å². The molecule has 1 aliphatic carbocycles. The van der Waals surface area contributed by atoms with Crippen LogP contribution in [0.4, 0.5) is 0 Å². The molecular weight excluding hydrogens is 214 g/mol. The van der Waals surface area contributed by atoms with Crippen molar-refractivity contribution in [3.8, 4) is 0 Å². The van der Waals surface area contributed by atoms with Crippen LogP contribution in [-0.4, -0.2) is 11.8 Å². The minimum absolute atomic E-state index is 0.528. The molecule has 1 saturated heterocycles. The lowest BCUT2D eigenvalue weighted by molar-refractivity contribution is 0.336. The Kier molecular flexibility index (Phi) is 3.20. The highest BCUT2D eigenvalue weighted by molar-refractivity contribution is 8.00. The fourth-order valence-corrected chi connectivity index (χ4v) is 4.51. The zero-order valence-corrected chi connectivity index (χ0v) is 10.4. The number of nitrogens with one attached hydrogen (secondary N) is 1. The maximum Gasteiger partial charge on any atom is 0.0792 e. The molecule has 16 heavy (non-hydrogen) atoms. The summed E-state index contributed by atoms with van der Waals surface area (Å²) in [7, 11) is 0. The van der Waals surface area contributed by atoms with Crippen molar-refractivity contribution in [1.82, 2.24) is 5.32 Å². The van der Waals surface area contributed by atoms with E-state index in [1.165, 1.54) is 37.8 Å². The van der Waals surface area contributed by atoms with Crippen LogP contribution < -0.4 is 5.32 Å². The Morgan fingerprint density at radius 2 is 1.88 bits per heavy atom. The third-order valence-electron chi connectivity index (χ3n) is 3.82. The first-order valence-electron chi connectivity index (χ1n) is 6.37. The smallest absolute Gasteiger partial charge is 0.0792 e. The summed E-state index contributed by atoms with van der Waals surface area (Å²) >= 11 is 2.16. The number of thioether (sulfide) groups is 1. The predicted molar refractivity (Wildman–Crippen MR) is 70.5 cm³/mol. The lowest BCUT2D eigenvalue weighted by atomic mass is 9.88. The van der Waals surface area contributed by atoms with Crippen LogP contribution in [0.25, 0.3) is 0 Å². The molecule has 3 unspecified atom stereocenters. The number of rotatable bonds is 1. The lowest BCUT2D eigenvalue weighted by Crippen LogP contribution is -2.39. The maximum absolute atomic E-state index is 3.70. The summed E-state index contributed by atoms with van der Waals surface area (Å²) in [6, 6.07) is 10.9. The Balaban J connectivity index is 1.71. The molecule has 0 spiro atoms. The quantitative estimate of drug-likeness (QED) is 0.795. The van der Waals surface area contributed by atoms with Crippen molar-refractivity contribution >= 4 is 11.8 Å². The molecular formula is C14H19NS. The summed E-state index contributed by atoms with van der Waals surface area (Å²) in [5, 5.41) is 5.13. The SMILES string of the molecule is c1ccc(C2NCC3CCCCC3S2)cc1. The normalized spacial score (nSPS) is 34.4. The Labute approximate surface area is 102 Å². The Morgan fingerprint density at radius 3 is 2.75 bits per heavy atom. The van der Waals surface area contributed by atoms with E-state index < -0.39 is 0 Å². The van der Waals surface area contributed by atoms with E-state index >= 15 is 0 Å². The standard InChI is InChI=1S/C14H19NS/c1-2-6-11(7-3-1)14-15-10-12-8-4-5-9-13(12)16-14/h1-3,6-7,12-15H,4-5,8-10H2. The van der Waals surface area contributed by atoms with Gasteiger partial charge < -0.3 is 5.32 Å². The molecule has 2 fully saturated rings. The van der Waals surface area contributed by atoms with E-state index in [0.29, 0.717) is 5.37 Å². The number of hydrogen-bond acceptors (Lipinski definition) is 2. The number of fused-ring (bicyclic) bond motifs is 1. The van der Waals surface area contributed by atoms with Crippen molar-refractivity contribution in [2.45, 2.75) is 36.3 Å². The van der Waals surface area contributed by atoms with Gasteiger partial charge in [-0.1, -0.05) is 43.2 Å². The van der Waals surface area contributed by atoms with Gasteiger partial charge in [0.15, 0.2) is 0 Å². The summed E-state index contributed by atoms with van der Waals surface area (Å²) in [5.74, 6) is 0.929. The molecule has 3 rings (SSSR count). The topological polar surface area (TPSA) is 12.0 Å². The van der Waals surface area contributed by atoms with E-state index in [2.05, 4.69) is 47.4 Å². The van der Waals surface area contributed by atoms with Crippen LogP contribution in [0.15, 0.2) is 30.3 Å². The molecule has 1 aliphatic heterocycles. The Morgan fingerprint density at radius 1 is 1.06 bits per heavy atom. The van der Waals surface area contributed by atoms with Crippen molar-refractivity contribution in [2.75, 3.05) is 6.54 Å². The van der Waals surface area contributed by atoms with E-state index in [0.717, 1.165) is 11.2 Å². The minimum Gasteiger partial charge on any atom is -0.301 e. The second kappa shape index (κ2) is 4.80. The summed E-state index contributed by atoms with van der Waals surface area (Å²) in [4.78, 5) is 0. The third kappa shape index (κ3) is 2.14. The van der Waals surface area contributed by atoms with Crippen molar-refractivity contribution < 1.29 is 0 Å². The van der Waals surface area contributed by atoms with Crippen molar-refractivity contribution in [3.05, 3.63) is 35.9 Å². The molecule has 1 heterocycles. The van der Waals surface area contributed by atoms with Gasteiger partial charge in [0.05, 0.1) is 5.37 Å². The van der Waals surface area contributed by atoms with Gasteiger partial charge >= 0.3 is 0 Å². The molecule has 2 aliphatic rings. The zero-order valence-electron chi connectivity index (χ0n) is 9.56. The van der Waals surface area contributed by atoms with E-state index in [-0.39, 0.29) is 0 Å². The van der Waals surface area contributed by atoms with Crippen LogP contribution in [-0.2, 0) is 0 Å². The molecule has 86 valence electrons. The molecule has 2 heteroatoms. The molecule has 3 atom stereocenters. The molecule has 1 saturated carbocycles. The van der Waals surface area contributed by atoms with Crippen molar-refractivity contribution in [3.63, 3.8) is 0 Å². The number of hydrogen-bond donors (Lipinski definition) is 1. The second-order valence-electron chi connectivity index (χ2n) is 4.92. The first-order valence-corrected chi connectivity index (χ1v) is 7.31. The van der Waals surface area contributed by atoms with Gasteiger partial charge in [0.25, 0.3) is 0 Å². The Bertz CT molecular complexity index is 338. The molecule has 1 aromatic rings. The highest BCUT2D eigenvalue weighted by Crippen LogP contribution is 2.43. The average Bonchev–Trinajstić information content (AvgIpc) is 2.39. The fourth-order valence-electron chi connectivity index (χ4n) is 2.89. The van der Waals surface area contributed by atoms with Gasteiger partial charge in [-0.3, -0.25) is 0 Å². The van der Waals surface area contributed by atoms with E-state index in [4.69, 9.17) is 0 Å². The first kappa shape index (κ1) is 10.7. The van der Waals surface area contributed by atoms with Gasteiger partial charge in [0.1, 0.15) is 0 Å². The van der Waals surface area contributed by atoms with Crippen LogP contribution in [0.2, 0.25) is 0 Å². The number of benzene rings is 1. The van der Waals surface area contributed by atoms with Gasteiger partial charge in [-0.05, 0) is 24.3 Å². The van der Waals surface area contributed by atoms with Crippen molar-refractivity contribution in [1.29, 1.82) is 0 Å². The highest BCUT2D eigenvalue weighted by Gasteiger charge is 2.32. The summed E-state index contributed by atoms with van der Waals surface area (Å²) in [6.45, 7) is 1.22. The van der Waals surface area contributed by atoms with Crippen LogP contribution in [0.3, 0.4) is 0 Å². The van der Waals surface area contributed by atoms with Gasteiger partial charge in [-0.25, -0.2) is 0 Å². The Hall–Kier alpha value is -0.470. The molecule has 0 bridgehead atoms. The van der Waals surface area contributed by atoms with E-state index in [9.17, 15) is 0 Å². The molecule has 0 amide bonds. The van der Waals surface area contributed by atoms with Crippen LogP contribution in [0.1, 0.15) is 36.6 Å². The van der Waals surface area contributed by atoms with Gasteiger partial charge in [-0.15, -0.1) is 11.8 Å². The van der Waals surface area contributed by atoms with Crippen LogP contribution in [0.5, 0.6) is 0 Å². The van der Waals surface area contributed by atoms with Gasteiger partial charge in [-0.2, -0.15) is 0 Å². The van der Waals surface area contributed by atoms with E-state index in [1.807, 2.05) is 0 Å². The summed E-state index contributed by atoms with van der Waals surface area (Å²) < 4.78 is 0. The fraction of sp³-hybridized carbons (Fsp3) is 0.571. The molecule has 0 radical (unpaired) electrons. The predicted octanol–water partition coefficient (Wildman–Crippen LogP) is 3.58. The molecule has 1 N–H and O–H groups in total. The molecule has 1 nitrogen and oxygen atoms in total. The average molecular weight is 233 g/mol. The largest absolute Gasteiger partial charge is 0.301 e. The minimum atomic E-state index is 0.528. The summed E-state index contributed by atoms with van der Waals surface area (Å²) in [5.41, 5.74) is 1.44. The maximum atomic E-state index is 3.70. The summed E-state index contributed by atoms with van der Waals surface area (Å²) in [6.07, 6.45) is 5.75.